The number of rotatable bonds is 37. The van der Waals surface area contributed by atoms with Crippen LogP contribution in [-0.2, 0) is 54.0 Å². The van der Waals surface area contributed by atoms with E-state index < -0.39 is 29.7 Å². The maximum absolute atomic E-state index is 13.2. The summed E-state index contributed by atoms with van der Waals surface area (Å²) in [6.45, 7) is 9.49. The Bertz CT molecular complexity index is 1660. The number of imide groups is 2. The first-order valence-corrected chi connectivity index (χ1v) is 22.8. The Morgan fingerprint density at radius 3 is 1.75 bits per heavy atom. The van der Waals surface area contributed by atoms with Gasteiger partial charge in [-0.15, -0.1) is 0 Å². The van der Waals surface area contributed by atoms with Gasteiger partial charge in [-0.25, -0.2) is 0 Å². The summed E-state index contributed by atoms with van der Waals surface area (Å²) in [5.74, 6) is -1.84. The van der Waals surface area contributed by atoms with Crippen molar-refractivity contribution in [1.82, 2.24) is 10.2 Å². The second kappa shape index (κ2) is 31.5. The van der Waals surface area contributed by atoms with Crippen LogP contribution in [0, 0.1) is 0 Å². The molecule has 16 heteroatoms. The first-order chi connectivity index (χ1) is 30.9. The number of carbonyl (C=O) groups is 5. The Balaban J connectivity index is 0.844. The van der Waals surface area contributed by atoms with Gasteiger partial charge in [0, 0.05) is 19.4 Å². The van der Waals surface area contributed by atoms with Crippen molar-refractivity contribution < 1.29 is 61.9 Å². The molecule has 4 rings (SSSR count). The molecule has 1 unspecified atom stereocenters. The predicted molar refractivity (Wildman–Crippen MR) is 235 cm³/mol. The quantitative estimate of drug-likeness (QED) is 0.0624. The molecular formula is C47H69N3O13. The lowest BCUT2D eigenvalue weighted by molar-refractivity contribution is -0.136. The summed E-state index contributed by atoms with van der Waals surface area (Å²) >= 11 is 0. The van der Waals surface area contributed by atoms with E-state index in [0.717, 1.165) is 29.9 Å². The van der Waals surface area contributed by atoms with Crippen LogP contribution in [0.1, 0.15) is 110 Å². The van der Waals surface area contributed by atoms with Crippen LogP contribution in [0.15, 0.2) is 42.5 Å². The van der Waals surface area contributed by atoms with Crippen molar-refractivity contribution in [2.45, 2.75) is 96.4 Å². The molecule has 350 valence electrons. The standard InChI is InChI=1S/C47H69N3O13/c1-2-3-4-5-6-8-12-37-16-18-38(19-17-37)63-36-35-62-34-33-61-32-31-60-30-29-59-28-27-58-26-25-57-24-23-56-22-10-7-9-15-42(51)48-40-14-11-13-39-44(40)47(55)50(46(39)54)41-20-21-43(52)49-45(41)53/h11,13-14,16-19,41H,2-10,12,15,20-36H2,1H3,(H,48,51)(H,49,52,53). The number of ether oxygens (including phenoxy) is 8. The number of anilines is 1. The molecule has 2 aromatic rings. The molecule has 0 aliphatic carbocycles. The van der Waals surface area contributed by atoms with Crippen LogP contribution in [0.2, 0.25) is 0 Å². The van der Waals surface area contributed by atoms with Crippen molar-refractivity contribution in [2.24, 2.45) is 0 Å². The number of hydrogen-bond donors (Lipinski definition) is 2. The molecule has 16 nitrogen and oxygen atoms in total. The number of unbranched alkanes of at least 4 members (excludes halogenated alkanes) is 7. The number of piperidine rings is 1. The Hall–Kier alpha value is -4.29. The summed E-state index contributed by atoms with van der Waals surface area (Å²) in [6.07, 6.45) is 11.5. The summed E-state index contributed by atoms with van der Waals surface area (Å²) in [6, 6.07) is 11.9. The van der Waals surface area contributed by atoms with Crippen LogP contribution in [-0.4, -0.2) is 140 Å². The lowest BCUT2D eigenvalue weighted by Crippen LogP contribution is -2.54. The topological polar surface area (TPSA) is 186 Å². The molecule has 2 aliphatic rings. The molecule has 63 heavy (non-hydrogen) atoms. The van der Waals surface area contributed by atoms with E-state index in [4.69, 9.17) is 37.9 Å². The number of nitrogens with one attached hydrogen (secondary N) is 2. The third kappa shape index (κ3) is 20.0. The van der Waals surface area contributed by atoms with Crippen LogP contribution in [0.3, 0.4) is 0 Å². The largest absolute Gasteiger partial charge is 0.491 e. The van der Waals surface area contributed by atoms with Gasteiger partial charge >= 0.3 is 0 Å². The van der Waals surface area contributed by atoms with Gasteiger partial charge in [0.25, 0.3) is 11.8 Å². The molecule has 5 amide bonds. The zero-order chi connectivity index (χ0) is 44.7. The highest BCUT2D eigenvalue weighted by atomic mass is 16.6. The van der Waals surface area contributed by atoms with Gasteiger partial charge in [0.15, 0.2) is 0 Å². The minimum Gasteiger partial charge on any atom is -0.491 e. The number of hydrogen-bond acceptors (Lipinski definition) is 13. The average Bonchev–Trinajstić information content (AvgIpc) is 3.53. The molecule has 2 N–H and O–H groups in total. The van der Waals surface area contributed by atoms with Crippen molar-refractivity contribution in [3.8, 4) is 5.75 Å². The lowest BCUT2D eigenvalue weighted by atomic mass is 10.0. The van der Waals surface area contributed by atoms with Gasteiger partial charge in [0.2, 0.25) is 17.7 Å². The number of fused-ring (bicyclic) bond motifs is 1. The molecule has 2 aromatic carbocycles. The normalized spacial score (nSPS) is 14.9. The van der Waals surface area contributed by atoms with E-state index in [-0.39, 0.29) is 42.0 Å². The predicted octanol–water partition coefficient (Wildman–Crippen LogP) is 5.68. The van der Waals surface area contributed by atoms with E-state index in [0.29, 0.717) is 106 Å². The molecule has 1 saturated heterocycles. The van der Waals surface area contributed by atoms with Gasteiger partial charge in [-0.2, -0.15) is 0 Å². The Morgan fingerprint density at radius 1 is 0.619 bits per heavy atom. The monoisotopic (exact) mass is 883 g/mol. The molecule has 2 aliphatic heterocycles. The van der Waals surface area contributed by atoms with Crippen LogP contribution < -0.4 is 15.4 Å². The van der Waals surface area contributed by atoms with Crippen molar-refractivity contribution >= 4 is 35.2 Å². The first-order valence-electron chi connectivity index (χ1n) is 22.8. The number of amides is 5. The molecule has 0 spiro atoms. The molecule has 0 aromatic heterocycles. The minimum atomic E-state index is -1.07. The van der Waals surface area contributed by atoms with E-state index in [2.05, 4.69) is 29.7 Å². The summed E-state index contributed by atoms with van der Waals surface area (Å²) in [7, 11) is 0. The smallest absolute Gasteiger partial charge is 0.264 e. The van der Waals surface area contributed by atoms with Crippen molar-refractivity contribution in [1.29, 1.82) is 0 Å². The average molecular weight is 884 g/mol. The summed E-state index contributed by atoms with van der Waals surface area (Å²) < 4.78 is 44.7. The second-order valence-corrected chi connectivity index (χ2v) is 15.3. The Morgan fingerprint density at radius 2 is 1.16 bits per heavy atom. The summed E-state index contributed by atoms with van der Waals surface area (Å²) in [4.78, 5) is 63.6. The van der Waals surface area contributed by atoms with E-state index in [1.807, 2.05) is 12.1 Å². The van der Waals surface area contributed by atoms with Gasteiger partial charge in [-0.05, 0) is 61.9 Å². The molecule has 2 heterocycles. The van der Waals surface area contributed by atoms with Crippen LogP contribution >= 0.6 is 0 Å². The highest BCUT2D eigenvalue weighted by Gasteiger charge is 2.45. The first kappa shape index (κ1) is 51.3. The maximum atomic E-state index is 13.2. The fourth-order valence-corrected chi connectivity index (χ4v) is 7.00. The Labute approximate surface area is 372 Å². The maximum Gasteiger partial charge on any atom is 0.264 e. The van der Waals surface area contributed by atoms with Crippen LogP contribution in [0.4, 0.5) is 5.69 Å². The summed E-state index contributed by atoms with van der Waals surface area (Å²) in [5.41, 5.74) is 1.75. The van der Waals surface area contributed by atoms with Crippen molar-refractivity contribution in [3.05, 3.63) is 59.2 Å². The van der Waals surface area contributed by atoms with E-state index >= 15 is 0 Å². The third-order valence-electron chi connectivity index (χ3n) is 10.4. The SMILES string of the molecule is CCCCCCCCc1ccc(OCCOCCOCCOCCOCCOCCOCCOCCCCCC(=O)Nc2cccc3c2C(=O)N(C2CCC(=O)NC2=O)C3=O)cc1. The van der Waals surface area contributed by atoms with Gasteiger partial charge < -0.3 is 43.2 Å². The Kier molecular flexibility index (Phi) is 25.7. The fourth-order valence-electron chi connectivity index (χ4n) is 7.00. The number of nitrogens with zero attached hydrogens (tertiary/aromatic N) is 1. The van der Waals surface area contributed by atoms with E-state index in [9.17, 15) is 24.0 Å². The lowest BCUT2D eigenvalue weighted by Gasteiger charge is -2.27. The van der Waals surface area contributed by atoms with Crippen LogP contribution in [0.25, 0.3) is 0 Å². The summed E-state index contributed by atoms with van der Waals surface area (Å²) in [5, 5.41) is 4.92. The molecule has 1 fully saturated rings. The van der Waals surface area contributed by atoms with Gasteiger partial charge in [-0.1, -0.05) is 63.6 Å². The zero-order valence-corrected chi connectivity index (χ0v) is 37.2. The van der Waals surface area contributed by atoms with Crippen molar-refractivity contribution in [3.63, 3.8) is 0 Å². The van der Waals surface area contributed by atoms with Gasteiger partial charge in [0.1, 0.15) is 18.4 Å². The number of benzene rings is 2. The molecule has 0 saturated carbocycles. The molecule has 0 bridgehead atoms. The zero-order valence-electron chi connectivity index (χ0n) is 37.2. The second-order valence-electron chi connectivity index (χ2n) is 15.3. The van der Waals surface area contributed by atoms with Crippen LogP contribution in [0.5, 0.6) is 5.75 Å². The van der Waals surface area contributed by atoms with Gasteiger partial charge in [0.05, 0.1) is 103 Å². The highest BCUT2D eigenvalue weighted by molar-refractivity contribution is 6.26. The third-order valence-corrected chi connectivity index (χ3v) is 10.4. The fraction of sp³-hybridized carbons (Fsp3) is 0.638. The van der Waals surface area contributed by atoms with Gasteiger partial charge in [-0.3, -0.25) is 34.2 Å². The van der Waals surface area contributed by atoms with E-state index in [1.54, 1.807) is 12.1 Å². The van der Waals surface area contributed by atoms with E-state index in [1.165, 1.54) is 50.2 Å². The molecular weight excluding hydrogens is 815 g/mol. The molecule has 0 radical (unpaired) electrons. The highest BCUT2D eigenvalue weighted by Crippen LogP contribution is 2.32. The number of carbonyl (C=O) groups excluding carboxylic acids is 5. The minimum absolute atomic E-state index is 0.0297. The van der Waals surface area contributed by atoms with Crippen molar-refractivity contribution in [2.75, 3.05) is 104 Å². The number of aryl methyl sites for hydroxylation is 1. The molecule has 1 atom stereocenters.